The van der Waals surface area contributed by atoms with E-state index in [1.165, 1.54) is 17.8 Å². The van der Waals surface area contributed by atoms with Crippen molar-refractivity contribution in [1.29, 1.82) is 0 Å². The Morgan fingerprint density at radius 3 is 2.41 bits per heavy atom. The Bertz CT molecular complexity index is 560. The van der Waals surface area contributed by atoms with Crippen LogP contribution in [-0.2, 0) is 0 Å². The van der Waals surface area contributed by atoms with Gasteiger partial charge in [-0.3, -0.25) is 0 Å². The topological polar surface area (TPSA) is 26.0 Å². The van der Waals surface area contributed by atoms with E-state index in [4.69, 9.17) is 5.73 Å². The first-order valence-electron chi connectivity index (χ1n) is 4.75. The minimum atomic E-state index is -0.348. The van der Waals surface area contributed by atoms with E-state index in [0.29, 0.717) is 10.2 Å². The first-order valence-corrected chi connectivity index (χ1v) is 7.15. The summed E-state index contributed by atoms with van der Waals surface area (Å²) in [6, 6.07) is 10.8. The monoisotopic (exact) mass is 375 g/mol. The van der Waals surface area contributed by atoms with Gasteiger partial charge >= 0.3 is 0 Å². The molecule has 2 N–H and O–H groups in total. The summed E-state index contributed by atoms with van der Waals surface area (Å²) in [7, 11) is 0. The van der Waals surface area contributed by atoms with Crippen LogP contribution in [0.4, 0.5) is 10.1 Å². The largest absolute Gasteiger partial charge is 0.398 e. The third-order valence-corrected chi connectivity index (χ3v) is 4.82. The van der Waals surface area contributed by atoms with Gasteiger partial charge in [0.15, 0.2) is 0 Å². The predicted octanol–water partition coefficient (Wildman–Crippen LogP) is 5.08. The average molecular weight is 377 g/mol. The van der Waals surface area contributed by atoms with Gasteiger partial charge in [-0.15, -0.1) is 0 Å². The van der Waals surface area contributed by atoms with Crippen molar-refractivity contribution in [1.82, 2.24) is 0 Å². The minimum Gasteiger partial charge on any atom is -0.398 e. The highest BCUT2D eigenvalue weighted by Gasteiger charge is 2.08. The molecule has 0 saturated heterocycles. The Labute approximate surface area is 120 Å². The second-order valence-corrected chi connectivity index (χ2v) is 6.13. The Morgan fingerprint density at radius 2 is 1.71 bits per heavy atom. The van der Waals surface area contributed by atoms with E-state index in [2.05, 4.69) is 31.9 Å². The third kappa shape index (κ3) is 3.03. The number of nitrogens with two attached hydrogens (primary N) is 1. The SMILES string of the molecule is Nc1cc(F)c(Br)cc1Sc1ccccc1Br. The fraction of sp³-hybridized carbons (Fsp3) is 0. The van der Waals surface area contributed by atoms with E-state index < -0.39 is 0 Å². The summed E-state index contributed by atoms with van der Waals surface area (Å²) in [4.78, 5) is 1.86. The minimum absolute atomic E-state index is 0.348. The maximum atomic E-state index is 13.2. The summed E-state index contributed by atoms with van der Waals surface area (Å²) in [5, 5.41) is 0. The Hall–Kier alpha value is -0.520. The van der Waals surface area contributed by atoms with E-state index in [1.807, 2.05) is 24.3 Å². The molecule has 88 valence electrons. The van der Waals surface area contributed by atoms with Crippen LogP contribution in [0.5, 0.6) is 0 Å². The zero-order valence-corrected chi connectivity index (χ0v) is 12.6. The summed E-state index contributed by atoms with van der Waals surface area (Å²) < 4.78 is 14.6. The van der Waals surface area contributed by atoms with E-state index in [0.717, 1.165) is 14.3 Å². The number of halogens is 3. The van der Waals surface area contributed by atoms with Gasteiger partial charge in [-0.05, 0) is 56.1 Å². The smallest absolute Gasteiger partial charge is 0.139 e. The maximum Gasteiger partial charge on any atom is 0.139 e. The van der Waals surface area contributed by atoms with E-state index >= 15 is 0 Å². The van der Waals surface area contributed by atoms with Crippen LogP contribution in [0.15, 0.2) is 55.1 Å². The lowest BCUT2D eigenvalue weighted by Crippen LogP contribution is -1.91. The highest BCUT2D eigenvalue weighted by molar-refractivity contribution is 9.10. The predicted molar refractivity (Wildman–Crippen MR) is 76.8 cm³/mol. The van der Waals surface area contributed by atoms with Crippen molar-refractivity contribution >= 4 is 49.3 Å². The summed E-state index contributed by atoms with van der Waals surface area (Å²) in [5.41, 5.74) is 6.23. The van der Waals surface area contributed by atoms with Gasteiger partial charge in [0, 0.05) is 20.0 Å². The molecule has 2 rings (SSSR count). The molecule has 0 aliphatic carbocycles. The van der Waals surface area contributed by atoms with E-state index in [1.54, 1.807) is 6.07 Å². The van der Waals surface area contributed by atoms with Crippen LogP contribution in [0.3, 0.4) is 0 Å². The van der Waals surface area contributed by atoms with Gasteiger partial charge in [0.25, 0.3) is 0 Å². The number of hydrogen-bond donors (Lipinski definition) is 1. The second kappa shape index (κ2) is 5.42. The number of rotatable bonds is 2. The van der Waals surface area contributed by atoms with Gasteiger partial charge in [-0.2, -0.15) is 0 Å². The lowest BCUT2D eigenvalue weighted by atomic mass is 10.3. The van der Waals surface area contributed by atoms with Gasteiger partial charge in [-0.1, -0.05) is 23.9 Å². The highest BCUT2D eigenvalue weighted by atomic mass is 79.9. The molecule has 0 aliphatic rings. The molecule has 0 bridgehead atoms. The van der Waals surface area contributed by atoms with Crippen molar-refractivity contribution in [2.24, 2.45) is 0 Å². The van der Waals surface area contributed by atoms with Gasteiger partial charge in [0.2, 0.25) is 0 Å². The molecule has 0 atom stereocenters. The van der Waals surface area contributed by atoms with Crippen LogP contribution in [0, 0.1) is 5.82 Å². The maximum absolute atomic E-state index is 13.2. The molecule has 5 heteroatoms. The Morgan fingerprint density at radius 1 is 1.00 bits per heavy atom. The highest BCUT2D eigenvalue weighted by Crippen LogP contribution is 2.38. The molecule has 0 amide bonds. The molecular weight excluding hydrogens is 369 g/mol. The quantitative estimate of drug-likeness (QED) is 0.739. The van der Waals surface area contributed by atoms with Crippen molar-refractivity contribution in [3.8, 4) is 0 Å². The zero-order chi connectivity index (χ0) is 12.4. The molecule has 0 spiro atoms. The van der Waals surface area contributed by atoms with Crippen molar-refractivity contribution < 1.29 is 4.39 Å². The molecule has 2 aromatic carbocycles. The molecular formula is C12H8Br2FNS. The summed E-state index contributed by atoms with van der Waals surface area (Å²) in [6.07, 6.45) is 0. The molecule has 0 heterocycles. The third-order valence-electron chi connectivity index (χ3n) is 2.11. The van der Waals surface area contributed by atoms with Crippen LogP contribution in [0.25, 0.3) is 0 Å². The number of hydrogen-bond acceptors (Lipinski definition) is 2. The van der Waals surface area contributed by atoms with Crippen molar-refractivity contribution in [3.05, 3.63) is 51.2 Å². The lowest BCUT2D eigenvalue weighted by molar-refractivity contribution is 0.620. The van der Waals surface area contributed by atoms with Crippen molar-refractivity contribution in [2.75, 3.05) is 5.73 Å². The average Bonchev–Trinajstić information content (AvgIpc) is 2.29. The van der Waals surface area contributed by atoms with Crippen LogP contribution in [-0.4, -0.2) is 0 Å². The van der Waals surface area contributed by atoms with Crippen LogP contribution >= 0.6 is 43.6 Å². The second-order valence-electron chi connectivity index (χ2n) is 3.34. The van der Waals surface area contributed by atoms with Crippen LogP contribution in [0.1, 0.15) is 0 Å². The Balaban J connectivity index is 2.37. The van der Waals surface area contributed by atoms with Gasteiger partial charge in [-0.25, -0.2) is 4.39 Å². The standard InChI is InChI=1S/C12H8Br2FNS/c13-7-3-1-2-4-11(7)17-12-5-8(14)9(15)6-10(12)16/h1-6H,16H2. The van der Waals surface area contributed by atoms with Gasteiger partial charge < -0.3 is 5.73 Å². The Kier molecular flexibility index (Phi) is 4.12. The zero-order valence-electron chi connectivity index (χ0n) is 8.58. The first-order chi connectivity index (χ1) is 8.08. The molecule has 1 nitrogen and oxygen atoms in total. The fourth-order valence-electron chi connectivity index (χ4n) is 1.28. The molecule has 0 saturated carbocycles. The molecule has 0 unspecified atom stereocenters. The molecule has 2 aromatic rings. The molecule has 17 heavy (non-hydrogen) atoms. The lowest BCUT2D eigenvalue weighted by Gasteiger charge is -2.08. The number of nitrogen functional groups attached to an aromatic ring is 1. The van der Waals surface area contributed by atoms with Crippen molar-refractivity contribution in [3.63, 3.8) is 0 Å². The molecule has 0 fully saturated rings. The number of anilines is 1. The van der Waals surface area contributed by atoms with Crippen molar-refractivity contribution in [2.45, 2.75) is 9.79 Å². The summed E-state index contributed by atoms with van der Waals surface area (Å²) in [6.45, 7) is 0. The van der Waals surface area contributed by atoms with Crippen LogP contribution in [0.2, 0.25) is 0 Å². The normalized spacial score (nSPS) is 10.5. The molecule has 0 aliphatic heterocycles. The fourth-order valence-corrected chi connectivity index (χ4v) is 3.20. The van der Waals surface area contributed by atoms with E-state index in [-0.39, 0.29) is 5.82 Å². The molecule has 0 aromatic heterocycles. The van der Waals surface area contributed by atoms with Crippen LogP contribution < -0.4 is 5.73 Å². The van der Waals surface area contributed by atoms with Gasteiger partial charge in [0.05, 0.1) is 4.47 Å². The summed E-state index contributed by atoms with van der Waals surface area (Å²) >= 11 is 8.12. The first kappa shape index (κ1) is 12.9. The summed E-state index contributed by atoms with van der Waals surface area (Å²) in [5.74, 6) is -0.348. The molecule has 0 radical (unpaired) electrons. The van der Waals surface area contributed by atoms with E-state index in [9.17, 15) is 4.39 Å². The number of benzene rings is 2. The van der Waals surface area contributed by atoms with Gasteiger partial charge in [0.1, 0.15) is 5.82 Å².